The van der Waals surface area contributed by atoms with Gasteiger partial charge in [-0.2, -0.15) is 8.42 Å². The number of hydroxylamine groups is 1. The fraction of sp³-hybridized carbons (Fsp3) is 0.462. The predicted octanol–water partition coefficient (Wildman–Crippen LogP) is 1.24. The third-order valence-corrected chi connectivity index (χ3v) is 3.35. The minimum absolute atomic E-state index is 0.237. The average Bonchev–Trinajstić information content (AvgIpc) is 2.37. The molecule has 0 aromatic heterocycles. The van der Waals surface area contributed by atoms with Crippen molar-refractivity contribution in [1.29, 1.82) is 0 Å². The molecule has 1 rings (SSSR count). The lowest BCUT2D eigenvalue weighted by molar-refractivity contribution is -0.140. The second kappa shape index (κ2) is 7.37. The zero-order valence-corrected chi connectivity index (χ0v) is 12.5. The summed E-state index contributed by atoms with van der Waals surface area (Å²) in [6, 6.07) is 9.35. The van der Waals surface area contributed by atoms with Crippen LogP contribution in [-0.4, -0.2) is 26.7 Å². The van der Waals surface area contributed by atoms with Crippen LogP contribution in [0.15, 0.2) is 30.3 Å². The van der Waals surface area contributed by atoms with Crippen molar-refractivity contribution in [3.63, 3.8) is 0 Å². The molecule has 0 unspecified atom stereocenters. The first-order chi connectivity index (χ1) is 9.29. The van der Waals surface area contributed by atoms with Crippen LogP contribution in [0.25, 0.3) is 0 Å². The predicted molar refractivity (Wildman–Crippen MR) is 73.9 cm³/mol. The molecule has 112 valence electrons. The summed E-state index contributed by atoms with van der Waals surface area (Å²) in [4.78, 5) is 16.8. The Kier molecular flexibility index (Phi) is 6.12. The first-order valence-corrected chi connectivity index (χ1v) is 7.95. The molecule has 0 spiro atoms. The van der Waals surface area contributed by atoms with Gasteiger partial charge in [-0.25, -0.2) is 5.48 Å². The Morgan fingerprint density at radius 2 is 1.85 bits per heavy atom. The molecule has 0 aliphatic heterocycles. The Morgan fingerprint density at radius 3 is 2.40 bits per heavy atom. The van der Waals surface area contributed by atoms with E-state index in [1.165, 1.54) is 6.92 Å². The lowest BCUT2D eigenvalue weighted by Gasteiger charge is -2.18. The Morgan fingerprint density at radius 1 is 1.25 bits per heavy atom. The number of carbonyl (C=O) groups excluding carboxylic acids is 1. The lowest BCUT2D eigenvalue weighted by Crippen LogP contribution is -2.36. The van der Waals surface area contributed by atoms with Gasteiger partial charge in [0.25, 0.3) is 10.1 Å². The second-order valence-electron chi connectivity index (χ2n) is 4.53. The van der Waals surface area contributed by atoms with Gasteiger partial charge in [0.05, 0.1) is 24.9 Å². The molecule has 0 saturated carbocycles. The molecule has 0 saturated heterocycles. The zero-order chi connectivity index (χ0) is 15.2. The standard InChI is InChI=1S/C13H19NO5S/c1-10(11(2)19-20(3,16)17)13(15)14-18-9-12-7-5-4-6-8-12/h4-8,10-11H,9H2,1-3H3,(H,14,15)/t10-,11-/m0/s1. The van der Waals surface area contributed by atoms with E-state index in [0.29, 0.717) is 0 Å². The number of nitrogens with one attached hydrogen (secondary N) is 1. The Balaban J connectivity index is 2.38. The maximum atomic E-state index is 11.7. The van der Waals surface area contributed by atoms with E-state index in [-0.39, 0.29) is 6.61 Å². The summed E-state index contributed by atoms with van der Waals surface area (Å²) in [7, 11) is -3.59. The van der Waals surface area contributed by atoms with Gasteiger partial charge in [0.1, 0.15) is 0 Å². The summed E-state index contributed by atoms with van der Waals surface area (Å²) in [5.74, 6) is -1.09. The molecule has 1 N–H and O–H groups in total. The van der Waals surface area contributed by atoms with Gasteiger partial charge >= 0.3 is 0 Å². The van der Waals surface area contributed by atoms with E-state index in [9.17, 15) is 13.2 Å². The van der Waals surface area contributed by atoms with Crippen molar-refractivity contribution in [3.8, 4) is 0 Å². The third kappa shape index (κ3) is 6.14. The fourth-order valence-electron chi connectivity index (χ4n) is 1.43. The molecule has 0 heterocycles. The van der Waals surface area contributed by atoms with Gasteiger partial charge in [0, 0.05) is 0 Å². The maximum Gasteiger partial charge on any atom is 0.264 e. The van der Waals surface area contributed by atoms with Crippen LogP contribution >= 0.6 is 0 Å². The third-order valence-electron chi connectivity index (χ3n) is 2.70. The summed E-state index contributed by atoms with van der Waals surface area (Å²) in [6.07, 6.45) is 0.186. The van der Waals surface area contributed by atoms with Gasteiger partial charge in [-0.3, -0.25) is 13.8 Å². The summed E-state index contributed by atoms with van der Waals surface area (Å²) < 4.78 is 26.7. The van der Waals surface area contributed by atoms with Crippen LogP contribution in [0.4, 0.5) is 0 Å². The SMILES string of the molecule is C[C@H](OS(C)(=O)=O)[C@H](C)C(=O)NOCc1ccccc1. The molecular weight excluding hydrogens is 282 g/mol. The van der Waals surface area contributed by atoms with Crippen molar-refractivity contribution in [3.05, 3.63) is 35.9 Å². The summed E-state index contributed by atoms with van der Waals surface area (Å²) in [5.41, 5.74) is 3.20. The number of amides is 1. The molecule has 0 bridgehead atoms. The van der Waals surface area contributed by atoms with Crippen LogP contribution < -0.4 is 5.48 Å². The fourth-order valence-corrected chi connectivity index (χ4v) is 2.15. The molecule has 0 radical (unpaired) electrons. The van der Waals surface area contributed by atoms with Crippen LogP contribution in [-0.2, 0) is 30.5 Å². The van der Waals surface area contributed by atoms with Crippen LogP contribution in [0.3, 0.4) is 0 Å². The minimum Gasteiger partial charge on any atom is -0.272 e. The normalized spacial score (nSPS) is 14.6. The van der Waals surface area contributed by atoms with Crippen LogP contribution in [0.2, 0.25) is 0 Å². The zero-order valence-electron chi connectivity index (χ0n) is 11.7. The minimum atomic E-state index is -3.59. The highest BCUT2D eigenvalue weighted by atomic mass is 32.2. The first kappa shape index (κ1) is 16.6. The van der Waals surface area contributed by atoms with E-state index >= 15 is 0 Å². The molecule has 6 nitrogen and oxygen atoms in total. The highest BCUT2D eigenvalue weighted by molar-refractivity contribution is 7.86. The quantitative estimate of drug-likeness (QED) is 0.605. The molecule has 7 heteroatoms. The molecule has 0 fully saturated rings. The van der Waals surface area contributed by atoms with E-state index < -0.39 is 28.0 Å². The first-order valence-electron chi connectivity index (χ1n) is 6.13. The van der Waals surface area contributed by atoms with Gasteiger partial charge in [-0.05, 0) is 12.5 Å². The summed E-state index contributed by atoms with van der Waals surface area (Å²) >= 11 is 0. The molecule has 0 aliphatic rings. The number of hydrogen-bond acceptors (Lipinski definition) is 5. The van der Waals surface area contributed by atoms with Crippen LogP contribution in [0.5, 0.6) is 0 Å². The second-order valence-corrected chi connectivity index (χ2v) is 6.14. The van der Waals surface area contributed by atoms with Crippen molar-refractivity contribution in [1.82, 2.24) is 5.48 Å². The van der Waals surface area contributed by atoms with Gasteiger partial charge in [-0.15, -0.1) is 0 Å². The van der Waals surface area contributed by atoms with Gasteiger partial charge in [-0.1, -0.05) is 37.3 Å². The monoisotopic (exact) mass is 301 g/mol. The van der Waals surface area contributed by atoms with E-state index in [1.807, 2.05) is 30.3 Å². The molecule has 1 aromatic carbocycles. The Bertz CT molecular complexity index is 529. The smallest absolute Gasteiger partial charge is 0.264 e. The Labute approximate surface area is 119 Å². The molecular formula is C13H19NO5S. The molecule has 1 amide bonds. The van der Waals surface area contributed by atoms with Crippen molar-refractivity contribution >= 4 is 16.0 Å². The van der Waals surface area contributed by atoms with Gasteiger partial charge < -0.3 is 0 Å². The van der Waals surface area contributed by atoms with E-state index in [2.05, 4.69) is 5.48 Å². The topological polar surface area (TPSA) is 81.7 Å². The molecule has 0 aliphatic carbocycles. The number of rotatable bonds is 7. The van der Waals surface area contributed by atoms with Crippen molar-refractivity contribution in [2.24, 2.45) is 5.92 Å². The van der Waals surface area contributed by atoms with Crippen LogP contribution in [0.1, 0.15) is 19.4 Å². The van der Waals surface area contributed by atoms with E-state index in [4.69, 9.17) is 9.02 Å². The van der Waals surface area contributed by atoms with Crippen molar-refractivity contribution < 1.29 is 22.2 Å². The highest BCUT2D eigenvalue weighted by Gasteiger charge is 2.24. The maximum absolute atomic E-state index is 11.7. The van der Waals surface area contributed by atoms with Crippen molar-refractivity contribution in [2.75, 3.05) is 6.26 Å². The van der Waals surface area contributed by atoms with E-state index in [1.54, 1.807) is 6.92 Å². The number of hydrogen-bond donors (Lipinski definition) is 1. The highest BCUT2D eigenvalue weighted by Crippen LogP contribution is 2.10. The van der Waals surface area contributed by atoms with Gasteiger partial charge in [0.15, 0.2) is 0 Å². The van der Waals surface area contributed by atoms with Gasteiger partial charge in [0.2, 0.25) is 5.91 Å². The van der Waals surface area contributed by atoms with Crippen LogP contribution in [0, 0.1) is 5.92 Å². The van der Waals surface area contributed by atoms with E-state index in [0.717, 1.165) is 11.8 Å². The average molecular weight is 301 g/mol. The van der Waals surface area contributed by atoms with Crippen molar-refractivity contribution in [2.45, 2.75) is 26.6 Å². The Hall–Kier alpha value is -1.44. The number of benzene rings is 1. The summed E-state index contributed by atoms with van der Waals surface area (Å²) in [6.45, 7) is 3.32. The largest absolute Gasteiger partial charge is 0.272 e. The lowest BCUT2D eigenvalue weighted by atomic mass is 10.1. The number of carbonyl (C=O) groups is 1. The summed E-state index contributed by atoms with van der Waals surface area (Å²) in [5, 5.41) is 0. The molecule has 20 heavy (non-hydrogen) atoms. The molecule has 2 atom stereocenters. The molecule has 1 aromatic rings.